The third-order valence-electron chi connectivity index (χ3n) is 6.44. The first kappa shape index (κ1) is 30.5. The fraction of sp³-hybridized carbons (Fsp3) is 0.400. The van der Waals surface area contributed by atoms with Crippen LogP contribution in [-0.4, -0.2) is 77.6 Å². The first-order valence-electron chi connectivity index (χ1n) is 14.3. The van der Waals surface area contributed by atoms with E-state index in [-0.39, 0.29) is 43.6 Å². The summed E-state index contributed by atoms with van der Waals surface area (Å²) < 4.78 is 21.7. The number of anilines is 2. The highest BCUT2D eigenvalue weighted by molar-refractivity contribution is 5.95. The second kappa shape index (κ2) is 13.5. The number of nitrogens with zero attached hydrogens (tertiary/aromatic N) is 4. The lowest BCUT2D eigenvalue weighted by molar-refractivity contribution is -0.118. The Morgan fingerprint density at radius 1 is 1.14 bits per heavy atom. The molecule has 1 aromatic carbocycles. The number of nitrogens with one attached hydrogen (secondary N) is 3. The summed E-state index contributed by atoms with van der Waals surface area (Å²) >= 11 is 0. The Bertz CT molecular complexity index is 1510. The lowest BCUT2D eigenvalue weighted by Gasteiger charge is -2.19. The molecule has 3 amide bonds. The zero-order valence-electron chi connectivity index (χ0n) is 24.8. The molecule has 44 heavy (non-hydrogen) atoms. The van der Waals surface area contributed by atoms with Crippen LogP contribution in [0.1, 0.15) is 32.8 Å². The van der Waals surface area contributed by atoms with Crippen LogP contribution in [-0.2, 0) is 20.8 Å². The highest BCUT2D eigenvalue weighted by atomic mass is 16.6. The quantitative estimate of drug-likeness (QED) is 0.275. The van der Waals surface area contributed by atoms with Gasteiger partial charge in [0.15, 0.2) is 18.2 Å². The van der Waals surface area contributed by atoms with E-state index < -0.39 is 17.8 Å². The molecule has 0 radical (unpaired) electrons. The molecule has 0 spiro atoms. The molecule has 2 aliphatic rings. The standard InChI is InChI=1S/C30H35N7O7/c1-30(2,3)44-28(39)33-13-14-41-27-32-12-10-22(34-27)20-6-4-5-19(15-20)16-31-11-9-21-17-37(29(40)43-21)24-8-7-23-26(35-24)36-25(38)18-42-23/h4-8,10,12,15,21,31H,9,11,13-14,16-18H2,1-3H3,(H,33,39)(H,35,36,38). The van der Waals surface area contributed by atoms with Crippen LogP contribution in [0.4, 0.5) is 21.2 Å². The molecule has 0 bridgehead atoms. The molecule has 2 aromatic heterocycles. The molecule has 0 aliphatic carbocycles. The van der Waals surface area contributed by atoms with Gasteiger partial charge in [-0.3, -0.25) is 9.69 Å². The summed E-state index contributed by atoms with van der Waals surface area (Å²) in [5.74, 6) is 0.849. The van der Waals surface area contributed by atoms with Gasteiger partial charge in [-0.1, -0.05) is 18.2 Å². The molecule has 1 atom stereocenters. The number of hydrogen-bond acceptors (Lipinski definition) is 11. The third kappa shape index (κ3) is 8.31. The van der Waals surface area contributed by atoms with Gasteiger partial charge in [0.05, 0.1) is 18.8 Å². The van der Waals surface area contributed by atoms with Gasteiger partial charge >= 0.3 is 18.2 Å². The van der Waals surface area contributed by atoms with E-state index in [0.717, 1.165) is 11.1 Å². The predicted octanol–water partition coefficient (Wildman–Crippen LogP) is 3.28. The van der Waals surface area contributed by atoms with Crippen LogP contribution in [0.15, 0.2) is 48.7 Å². The summed E-state index contributed by atoms with van der Waals surface area (Å²) in [6.45, 7) is 7.36. The van der Waals surface area contributed by atoms with Crippen molar-refractivity contribution in [3.8, 4) is 23.0 Å². The van der Waals surface area contributed by atoms with E-state index >= 15 is 0 Å². The molecule has 2 aliphatic heterocycles. The van der Waals surface area contributed by atoms with E-state index in [0.29, 0.717) is 43.3 Å². The van der Waals surface area contributed by atoms with Gasteiger partial charge in [0.25, 0.3) is 5.91 Å². The Morgan fingerprint density at radius 2 is 2.00 bits per heavy atom. The second-order valence-electron chi connectivity index (χ2n) is 11.1. The van der Waals surface area contributed by atoms with Crippen molar-refractivity contribution in [3.63, 3.8) is 0 Å². The van der Waals surface area contributed by atoms with Gasteiger partial charge in [-0.2, -0.15) is 4.98 Å². The Morgan fingerprint density at radius 3 is 2.84 bits per heavy atom. The van der Waals surface area contributed by atoms with E-state index in [4.69, 9.17) is 18.9 Å². The number of aromatic nitrogens is 3. The molecule has 14 nitrogen and oxygen atoms in total. The maximum absolute atomic E-state index is 12.5. The van der Waals surface area contributed by atoms with E-state index in [2.05, 4.69) is 30.9 Å². The molecule has 1 fully saturated rings. The molecule has 3 aromatic rings. The predicted molar refractivity (Wildman–Crippen MR) is 160 cm³/mol. The Hall–Kier alpha value is -4.98. The van der Waals surface area contributed by atoms with Crippen LogP contribution in [0.5, 0.6) is 11.8 Å². The SMILES string of the molecule is CC(C)(C)OC(=O)NCCOc1nccc(-c2cccc(CNCCC3CN(c4ccc5c(n4)NC(=O)CO5)C(=O)O3)c2)n1. The number of carbonyl (C=O) groups is 3. The van der Waals surface area contributed by atoms with Gasteiger partial charge in [-0.15, -0.1) is 0 Å². The number of fused-ring (bicyclic) bond motifs is 1. The van der Waals surface area contributed by atoms with Crippen molar-refractivity contribution >= 4 is 29.7 Å². The van der Waals surface area contributed by atoms with Crippen LogP contribution in [0.25, 0.3) is 11.3 Å². The van der Waals surface area contributed by atoms with E-state index in [9.17, 15) is 14.4 Å². The van der Waals surface area contributed by atoms with Gasteiger partial charge < -0.3 is 34.9 Å². The van der Waals surface area contributed by atoms with Crippen LogP contribution in [0.3, 0.4) is 0 Å². The van der Waals surface area contributed by atoms with Gasteiger partial charge in [0.2, 0.25) is 0 Å². The smallest absolute Gasteiger partial charge is 0.415 e. The maximum atomic E-state index is 12.5. The van der Waals surface area contributed by atoms with E-state index in [1.54, 1.807) is 45.2 Å². The molecule has 1 saturated heterocycles. The van der Waals surface area contributed by atoms with Crippen LogP contribution >= 0.6 is 0 Å². The number of carbonyl (C=O) groups excluding carboxylic acids is 3. The van der Waals surface area contributed by atoms with Gasteiger partial charge in [-0.05, 0) is 63.6 Å². The summed E-state index contributed by atoms with van der Waals surface area (Å²) in [5, 5.41) is 8.68. The molecular formula is C30H35N7O7. The van der Waals surface area contributed by atoms with Gasteiger partial charge in [0, 0.05) is 18.3 Å². The number of alkyl carbamates (subject to hydrolysis) is 1. The first-order valence-corrected chi connectivity index (χ1v) is 14.3. The topological polar surface area (TPSA) is 166 Å². The molecular weight excluding hydrogens is 570 g/mol. The number of hydrogen-bond donors (Lipinski definition) is 3. The monoisotopic (exact) mass is 605 g/mol. The Balaban J connectivity index is 1.06. The molecule has 1 unspecified atom stereocenters. The van der Waals surface area contributed by atoms with Crippen molar-refractivity contribution in [2.24, 2.45) is 0 Å². The second-order valence-corrected chi connectivity index (χ2v) is 11.1. The lowest BCUT2D eigenvalue weighted by Crippen LogP contribution is -2.34. The minimum Gasteiger partial charge on any atom is -0.480 e. The van der Waals surface area contributed by atoms with Crippen molar-refractivity contribution < 1.29 is 33.3 Å². The van der Waals surface area contributed by atoms with Crippen molar-refractivity contribution in [1.82, 2.24) is 25.6 Å². The number of benzene rings is 1. The average Bonchev–Trinajstić information content (AvgIpc) is 3.36. The summed E-state index contributed by atoms with van der Waals surface area (Å²) in [6.07, 6.45) is 0.944. The van der Waals surface area contributed by atoms with Crippen molar-refractivity contribution in [2.45, 2.75) is 45.4 Å². The van der Waals surface area contributed by atoms with Crippen LogP contribution in [0.2, 0.25) is 0 Å². The lowest BCUT2D eigenvalue weighted by atomic mass is 10.1. The summed E-state index contributed by atoms with van der Waals surface area (Å²) in [7, 11) is 0. The molecule has 4 heterocycles. The highest BCUT2D eigenvalue weighted by Crippen LogP contribution is 2.30. The summed E-state index contributed by atoms with van der Waals surface area (Å²) in [6, 6.07) is 13.3. The number of ether oxygens (including phenoxy) is 4. The number of pyridine rings is 1. The molecule has 232 valence electrons. The maximum Gasteiger partial charge on any atom is 0.415 e. The Kier molecular flexibility index (Phi) is 9.38. The minimum absolute atomic E-state index is 0.0618. The average molecular weight is 606 g/mol. The van der Waals surface area contributed by atoms with Crippen molar-refractivity contribution in [1.29, 1.82) is 0 Å². The Labute approximate surface area is 254 Å². The van der Waals surface area contributed by atoms with Crippen molar-refractivity contribution in [3.05, 3.63) is 54.2 Å². The minimum atomic E-state index is -0.570. The van der Waals surface area contributed by atoms with Crippen LogP contribution in [0, 0.1) is 0 Å². The fourth-order valence-electron chi connectivity index (χ4n) is 4.48. The van der Waals surface area contributed by atoms with Gasteiger partial charge in [0.1, 0.15) is 24.1 Å². The number of cyclic esters (lactones) is 1. The molecule has 5 rings (SSSR count). The number of amides is 3. The van der Waals surface area contributed by atoms with Gasteiger partial charge in [-0.25, -0.2) is 19.6 Å². The van der Waals surface area contributed by atoms with E-state index in [1.165, 1.54) is 4.90 Å². The molecule has 0 saturated carbocycles. The summed E-state index contributed by atoms with van der Waals surface area (Å²) in [4.78, 5) is 50.3. The summed E-state index contributed by atoms with van der Waals surface area (Å²) in [5.41, 5.74) is 2.09. The third-order valence-corrected chi connectivity index (χ3v) is 6.44. The highest BCUT2D eigenvalue weighted by Gasteiger charge is 2.33. The first-order chi connectivity index (χ1) is 21.1. The van der Waals surface area contributed by atoms with E-state index in [1.807, 2.05) is 24.3 Å². The van der Waals surface area contributed by atoms with Crippen LogP contribution < -0.4 is 30.3 Å². The zero-order chi connectivity index (χ0) is 31.1. The molecule has 14 heteroatoms. The number of rotatable bonds is 11. The van der Waals surface area contributed by atoms with Crippen molar-refractivity contribution in [2.75, 3.05) is 43.1 Å². The fourth-order valence-corrected chi connectivity index (χ4v) is 4.48. The largest absolute Gasteiger partial charge is 0.480 e. The normalized spacial score (nSPS) is 16.0. The molecule has 3 N–H and O–H groups in total. The zero-order valence-corrected chi connectivity index (χ0v) is 24.8.